The number of fused-ring (bicyclic) bond motifs is 5. The topological polar surface area (TPSA) is 117 Å². The molecule has 5 rings (SSSR count). The molecule has 1 aliphatic heterocycles. The van der Waals surface area contributed by atoms with E-state index in [0.29, 0.717) is 48.7 Å². The Balaban J connectivity index is 1.39. The van der Waals surface area contributed by atoms with Crippen molar-refractivity contribution in [3.05, 3.63) is 11.6 Å². The van der Waals surface area contributed by atoms with Crippen LogP contribution in [0.3, 0.4) is 0 Å². The molecule has 1 heterocycles. The van der Waals surface area contributed by atoms with Crippen molar-refractivity contribution in [1.82, 2.24) is 0 Å². The van der Waals surface area contributed by atoms with Gasteiger partial charge >= 0.3 is 10.4 Å². The van der Waals surface area contributed by atoms with Crippen LogP contribution in [0.1, 0.15) is 79.6 Å². The smallest absolute Gasteiger partial charge is 0.390 e. The first-order valence-corrected chi connectivity index (χ1v) is 15.0. The van der Waals surface area contributed by atoms with Gasteiger partial charge in [0.1, 0.15) is 12.2 Å². The van der Waals surface area contributed by atoms with E-state index in [1.807, 2.05) is 0 Å². The predicted molar refractivity (Wildman–Crippen MR) is 132 cm³/mol. The van der Waals surface area contributed by atoms with Gasteiger partial charge in [0, 0.05) is 0 Å². The van der Waals surface area contributed by atoms with E-state index in [4.69, 9.17) is 8.92 Å². The quantitative estimate of drug-likeness (QED) is 0.278. The zero-order valence-electron chi connectivity index (χ0n) is 21.8. The zero-order chi connectivity index (χ0) is 25.5. The van der Waals surface area contributed by atoms with Crippen molar-refractivity contribution in [2.75, 3.05) is 0 Å². The molecule has 12 atom stereocenters. The average Bonchev–Trinajstić information content (AvgIpc) is 3.40. The molecule has 200 valence electrons. The van der Waals surface area contributed by atoms with Gasteiger partial charge in [-0.05, 0) is 91.3 Å². The Morgan fingerprint density at radius 3 is 2.46 bits per heavy atom. The molecule has 0 bridgehead atoms. The molecule has 5 aliphatic rings. The Morgan fingerprint density at radius 1 is 1.11 bits per heavy atom. The van der Waals surface area contributed by atoms with Gasteiger partial charge in [0.15, 0.2) is 0 Å². The number of allylic oxidation sites excluding steroid dienone is 2. The Hall–Kier alpha value is -0.510. The van der Waals surface area contributed by atoms with Gasteiger partial charge in [0.25, 0.3) is 0 Å². The third kappa shape index (κ3) is 4.34. The largest absolute Gasteiger partial charge is 0.397 e. The molecule has 4 fully saturated rings. The van der Waals surface area contributed by atoms with Crippen LogP contribution in [0.25, 0.3) is 0 Å². The Morgan fingerprint density at radius 2 is 1.80 bits per heavy atom. The second kappa shape index (κ2) is 8.77. The highest BCUT2D eigenvalue weighted by molar-refractivity contribution is 7.80. The van der Waals surface area contributed by atoms with Crippen molar-refractivity contribution in [3.63, 3.8) is 0 Å². The summed E-state index contributed by atoms with van der Waals surface area (Å²) in [7, 11) is -4.75. The third-order valence-electron chi connectivity index (χ3n) is 10.9. The van der Waals surface area contributed by atoms with E-state index in [-0.39, 0.29) is 17.3 Å². The summed E-state index contributed by atoms with van der Waals surface area (Å²) in [4.78, 5) is 0. The van der Waals surface area contributed by atoms with E-state index in [1.54, 1.807) is 0 Å². The number of aliphatic hydroxyl groups excluding tert-OH is 2. The highest BCUT2D eigenvalue weighted by atomic mass is 32.3. The van der Waals surface area contributed by atoms with Gasteiger partial charge in [-0.1, -0.05) is 46.3 Å². The van der Waals surface area contributed by atoms with Crippen molar-refractivity contribution < 1.29 is 32.1 Å². The highest BCUT2D eigenvalue weighted by Crippen LogP contribution is 2.67. The summed E-state index contributed by atoms with van der Waals surface area (Å²) in [6.07, 6.45) is 6.07. The molecule has 0 aromatic rings. The van der Waals surface area contributed by atoms with Crippen LogP contribution in [0.5, 0.6) is 0 Å². The summed E-state index contributed by atoms with van der Waals surface area (Å²) in [6, 6.07) is 0. The number of ether oxygens (including phenoxy) is 1. The Labute approximate surface area is 210 Å². The molecule has 0 radical (unpaired) electrons. The van der Waals surface area contributed by atoms with Crippen LogP contribution in [-0.2, 0) is 19.3 Å². The van der Waals surface area contributed by atoms with Crippen LogP contribution in [0.2, 0.25) is 0 Å². The monoisotopic (exact) mass is 512 g/mol. The van der Waals surface area contributed by atoms with Gasteiger partial charge in [0.2, 0.25) is 0 Å². The fraction of sp³-hybridized carbons (Fsp3) is 0.926. The van der Waals surface area contributed by atoms with Gasteiger partial charge in [0.05, 0.1) is 18.3 Å². The minimum absolute atomic E-state index is 0.217. The predicted octanol–water partition coefficient (Wildman–Crippen LogP) is 4.14. The maximum atomic E-state index is 11.6. The number of epoxide rings is 1. The third-order valence-corrected chi connectivity index (χ3v) is 11.4. The normalized spacial score (nSPS) is 50.2. The van der Waals surface area contributed by atoms with Crippen molar-refractivity contribution in [2.45, 2.75) is 110 Å². The molecule has 0 amide bonds. The summed E-state index contributed by atoms with van der Waals surface area (Å²) in [6.45, 7) is 11.5. The van der Waals surface area contributed by atoms with Crippen LogP contribution < -0.4 is 0 Å². The molecule has 0 aromatic heterocycles. The summed E-state index contributed by atoms with van der Waals surface area (Å²) in [5.41, 5.74) is 1.29. The second-order valence-corrected chi connectivity index (χ2v) is 14.3. The summed E-state index contributed by atoms with van der Waals surface area (Å²) >= 11 is 0. The number of rotatable bonds is 6. The van der Waals surface area contributed by atoms with E-state index >= 15 is 0 Å². The van der Waals surface area contributed by atoms with E-state index in [2.05, 4.69) is 40.7 Å². The van der Waals surface area contributed by atoms with E-state index < -0.39 is 34.1 Å². The lowest BCUT2D eigenvalue weighted by Crippen LogP contribution is -2.60. The fourth-order valence-corrected chi connectivity index (χ4v) is 9.81. The average molecular weight is 513 g/mol. The molecular formula is C27H44O7S. The molecule has 8 heteroatoms. The van der Waals surface area contributed by atoms with Crippen LogP contribution in [0.4, 0.5) is 0 Å². The molecule has 0 aromatic carbocycles. The van der Waals surface area contributed by atoms with Crippen LogP contribution in [0.15, 0.2) is 11.6 Å². The molecule has 3 unspecified atom stereocenters. The first kappa shape index (κ1) is 26.1. The molecule has 3 N–H and O–H groups in total. The maximum Gasteiger partial charge on any atom is 0.397 e. The minimum Gasteiger partial charge on any atom is -0.390 e. The molecule has 4 aliphatic carbocycles. The lowest BCUT2D eigenvalue weighted by molar-refractivity contribution is -0.165. The van der Waals surface area contributed by atoms with Gasteiger partial charge in [-0.25, -0.2) is 4.18 Å². The number of hydrogen-bond donors (Lipinski definition) is 3. The fourth-order valence-electron chi connectivity index (χ4n) is 9.28. The van der Waals surface area contributed by atoms with Crippen LogP contribution in [-0.4, -0.2) is 53.7 Å². The SMILES string of the molecule is CC(C)C[C@@H]1O[C@H]1[C@@H](C)[C@H]1CCC2C3=CCC4[C@H](OS(=O)(=O)O)[C@@H](O)[C@H](O)C[C@]4(C)C3CC[C@@]21C. The van der Waals surface area contributed by atoms with E-state index in [1.165, 1.54) is 12.0 Å². The van der Waals surface area contributed by atoms with Crippen molar-refractivity contribution in [1.29, 1.82) is 0 Å². The van der Waals surface area contributed by atoms with Crippen molar-refractivity contribution in [3.8, 4) is 0 Å². The van der Waals surface area contributed by atoms with Crippen LogP contribution in [0, 0.1) is 46.3 Å². The van der Waals surface area contributed by atoms with E-state index in [0.717, 1.165) is 25.7 Å². The van der Waals surface area contributed by atoms with Gasteiger partial charge in [-0.2, -0.15) is 8.42 Å². The lowest BCUT2D eigenvalue weighted by atomic mass is 9.47. The molecule has 0 spiro atoms. The summed E-state index contributed by atoms with van der Waals surface area (Å²) in [5, 5.41) is 21.3. The molecule has 35 heavy (non-hydrogen) atoms. The van der Waals surface area contributed by atoms with Gasteiger partial charge in [-0.3, -0.25) is 4.55 Å². The first-order chi connectivity index (χ1) is 16.3. The highest BCUT2D eigenvalue weighted by Gasteiger charge is 2.63. The molecule has 1 saturated heterocycles. The van der Waals surface area contributed by atoms with Gasteiger partial charge < -0.3 is 14.9 Å². The maximum absolute atomic E-state index is 11.6. The zero-order valence-corrected chi connectivity index (χ0v) is 22.6. The minimum atomic E-state index is -4.75. The van der Waals surface area contributed by atoms with E-state index in [9.17, 15) is 23.2 Å². The molecule has 3 saturated carbocycles. The first-order valence-electron chi connectivity index (χ1n) is 13.6. The van der Waals surface area contributed by atoms with Crippen molar-refractivity contribution >= 4 is 10.4 Å². The molecule has 7 nitrogen and oxygen atoms in total. The lowest BCUT2D eigenvalue weighted by Gasteiger charge is -2.59. The second-order valence-electron chi connectivity index (χ2n) is 13.3. The Kier molecular flexibility index (Phi) is 6.54. The van der Waals surface area contributed by atoms with Crippen molar-refractivity contribution in [2.24, 2.45) is 46.3 Å². The summed E-state index contributed by atoms with van der Waals surface area (Å²) < 4.78 is 43.6. The van der Waals surface area contributed by atoms with Gasteiger partial charge in [-0.15, -0.1) is 0 Å². The summed E-state index contributed by atoms with van der Waals surface area (Å²) in [5.74, 6) is 2.23. The Bertz CT molecular complexity index is 963. The number of hydrogen-bond acceptors (Lipinski definition) is 6. The number of aliphatic hydroxyl groups is 2. The standard InChI is InChI=1S/C27H44O7S/c1-14(2)12-22-24(33-22)15(3)17-8-9-18-16-6-7-20-25(34-35(30,31)32)23(29)21(28)13-27(20,5)19(16)10-11-26(17,18)4/h6,14-15,17-25,28-29H,7-13H2,1-5H3,(H,30,31,32)/t15-,17+,18?,19?,20?,21+,22-,23-,24-,25-,26+,27+/m0/s1. The van der Waals surface area contributed by atoms with Crippen LogP contribution >= 0.6 is 0 Å². The molecular weight excluding hydrogens is 468 g/mol.